The maximum absolute atomic E-state index is 13.7. The summed E-state index contributed by atoms with van der Waals surface area (Å²) in [5.41, 5.74) is 2.12. The first-order valence-electron chi connectivity index (χ1n) is 12.8. The predicted octanol–water partition coefficient (Wildman–Crippen LogP) is 6.69. The van der Waals surface area contributed by atoms with Crippen LogP contribution < -0.4 is 0 Å². The Morgan fingerprint density at radius 1 is 0.947 bits per heavy atom. The fourth-order valence-corrected chi connectivity index (χ4v) is 6.71. The van der Waals surface area contributed by atoms with Crippen LogP contribution in [-0.2, 0) is 17.3 Å². The Balaban J connectivity index is 1.14. The number of alkyl halides is 3. The molecule has 2 heterocycles. The van der Waals surface area contributed by atoms with Crippen LogP contribution in [0, 0.1) is 5.82 Å². The van der Waals surface area contributed by atoms with E-state index in [1.807, 2.05) is 24.3 Å². The molecule has 0 saturated carbocycles. The quantitative estimate of drug-likeness (QED) is 0.386. The molecule has 3 aromatic carbocycles. The van der Waals surface area contributed by atoms with Crippen molar-refractivity contribution in [2.75, 3.05) is 6.61 Å². The Kier molecular flexibility index (Phi) is 5.98. The van der Waals surface area contributed by atoms with Crippen LogP contribution in [-0.4, -0.2) is 40.4 Å². The molecule has 1 aliphatic carbocycles. The number of fused-ring (bicyclic) bond motifs is 5. The zero-order valence-electron chi connectivity index (χ0n) is 20.5. The van der Waals surface area contributed by atoms with E-state index in [0.29, 0.717) is 12.8 Å². The Hall–Kier alpha value is -3.39. The number of nitrogens with zero attached hydrogens (tertiary/aromatic N) is 1. The summed E-state index contributed by atoms with van der Waals surface area (Å²) in [6.07, 6.45) is -3.44. The molecule has 2 fully saturated rings. The number of rotatable bonds is 4. The molecule has 2 unspecified atom stereocenters. The average Bonchev–Trinajstić information content (AvgIpc) is 3.35. The van der Waals surface area contributed by atoms with Gasteiger partial charge in [0.1, 0.15) is 12.4 Å². The van der Waals surface area contributed by atoms with Crippen molar-refractivity contribution in [2.45, 2.75) is 61.9 Å². The number of ether oxygens (including phenoxy) is 1. The van der Waals surface area contributed by atoms with Crippen molar-refractivity contribution in [1.82, 2.24) is 4.90 Å². The van der Waals surface area contributed by atoms with Crippen molar-refractivity contribution in [2.24, 2.45) is 0 Å². The molecule has 4 nitrogen and oxygen atoms in total. The van der Waals surface area contributed by atoms with Crippen molar-refractivity contribution in [3.63, 3.8) is 0 Å². The molecular weight excluding hydrogens is 498 g/mol. The molecule has 2 bridgehead atoms. The maximum atomic E-state index is 13.7. The van der Waals surface area contributed by atoms with Crippen molar-refractivity contribution >= 4 is 6.09 Å². The third-order valence-electron chi connectivity index (χ3n) is 8.27. The summed E-state index contributed by atoms with van der Waals surface area (Å²) >= 11 is 0. The van der Waals surface area contributed by atoms with Gasteiger partial charge in [-0.2, -0.15) is 13.2 Å². The monoisotopic (exact) mass is 525 g/mol. The maximum Gasteiger partial charge on any atom is 0.419 e. The zero-order valence-corrected chi connectivity index (χ0v) is 20.5. The number of hydrogen-bond acceptors (Lipinski definition) is 3. The fourth-order valence-electron chi connectivity index (χ4n) is 6.71. The van der Waals surface area contributed by atoms with Crippen molar-refractivity contribution in [3.8, 4) is 11.1 Å². The summed E-state index contributed by atoms with van der Waals surface area (Å²) in [4.78, 5) is 15.0. The van der Waals surface area contributed by atoms with Gasteiger partial charge in [-0.1, -0.05) is 54.6 Å². The highest BCUT2D eigenvalue weighted by Crippen LogP contribution is 2.46. The molecule has 2 atom stereocenters. The van der Waals surface area contributed by atoms with Crippen LogP contribution >= 0.6 is 0 Å². The first-order chi connectivity index (χ1) is 18.1. The van der Waals surface area contributed by atoms with E-state index in [4.69, 9.17) is 4.74 Å². The molecular formula is C30H27F4NO3. The minimum atomic E-state index is -4.81. The van der Waals surface area contributed by atoms with Gasteiger partial charge < -0.3 is 14.7 Å². The van der Waals surface area contributed by atoms with E-state index in [9.17, 15) is 27.5 Å². The summed E-state index contributed by atoms with van der Waals surface area (Å²) in [7, 11) is 0. The molecule has 8 heteroatoms. The van der Waals surface area contributed by atoms with Crippen molar-refractivity contribution in [1.29, 1.82) is 0 Å². The van der Waals surface area contributed by atoms with Crippen LogP contribution in [0.4, 0.5) is 22.4 Å². The van der Waals surface area contributed by atoms with Crippen LogP contribution in [0.25, 0.3) is 11.1 Å². The van der Waals surface area contributed by atoms with Crippen molar-refractivity contribution in [3.05, 3.63) is 94.8 Å². The Bertz CT molecular complexity index is 1330. The molecule has 38 heavy (non-hydrogen) atoms. The van der Waals surface area contributed by atoms with E-state index < -0.39 is 29.3 Å². The van der Waals surface area contributed by atoms with Gasteiger partial charge >= 0.3 is 12.3 Å². The largest absolute Gasteiger partial charge is 0.448 e. The number of amides is 1. The van der Waals surface area contributed by atoms with E-state index >= 15 is 0 Å². The second-order valence-electron chi connectivity index (χ2n) is 10.7. The SMILES string of the molecule is O=C(OCC1c2ccccc2-c2ccccc21)N1C2CCC1CC(O)(Cc1ccc(F)c(C(F)(F)F)c1)C2. The zero-order chi connectivity index (χ0) is 26.7. The van der Waals surface area contributed by atoms with Gasteiger partial charge in [-0.3, -0.25) is 0 Å². The second-order valence-corrected chi connectivity index (χ2v) is 10.7. The lowest BCUT2D eigenvalue weighted by atomic mass is 9.81. The third kappa shape index (κ3) is 4.34. The lowest BCUT2D eigenvalue weighted by Crippen LogP contribution is -2.54. The molecule has 6 rings (SSSR count). The Morgan fingerprint density at radius 2 is 1.53 bits per heavy atom. The molecule has 0 radical (unpaired) electrons. The lowest BCUT2D eigenvalue weighted by Gasteiger charge is -2.43. The Morgan fingerprint density at radius 3 is 2.11 bits per heavy atom. The first kappa shape index (κ1) is 24.9. The average molecular weight is 526 g/mol. The van der Waals surface area contributed by atoms with Crippen LogP contribution in [0.5, 0.6) is 0 Å². The van der Waals surface area contributed by atoms with Gasteiger partial charge in [-0.05, 0) is 65.6 Å². The van der Waals surface area contributed by atoms with Gasteiger partial charge in [0.05, 0.1) is 11.2 Å². The van der Waals surface area contributed by atoms with Gasteiger partial charge in [0.2, 0.25) is 0 Å². The van der Waals surface area contributed by atoms with E-state index in [1.54, 1.807) is 4.90 Å². The van der Waals surface area contributed by atoms with E-state index in [-0.39, 0.29) is 49.4 Å². The number of benzene rings is 3. The molecule has 0 aromatic heterocycles. The van der Waals surface area contributed by atoms with Crippen LogP contribution in [0.15, 0.2) is 66.7 Å². The number of piperidine rings is 1. The highest BCUT2D eigenvalue weighted by atomic mass is 19.4. The summed E-state index contributed by atoms with van der Waals surface area (Å²) in [6, 6.07) is 18.5. The number of hydrogen-bond donors (Lipinski definition) is 1. The van der Waals surface area contributed by atoms with Crippen LogP contribution in [0.3, 0.4) is 0 Å². The smallest absolute Gasteiger partial charge is 0.419 e. The van der Waals surface area contributed by atoms with Gasteiger partial charge in [-0.15, -0.1) is 0 Å². The van der Waals surface area contributed by atoms with E-state index in [0.717, 1.165) is 34.4 Å². The van der Waals surface area contributed by atoms with E-state index in [2.05, 4.69) is 24.3 Å². The topological polar surface area (TPSA) is 49.8 Å². The first-order valence-corrected chi connectivity index (χ1v) is 12.8. The molecule has 198 valence electrons. The highest BCUT2D eigenvalue weighted by Gasteiger charge is 2.50. The molecule has 3 aliphatic rings. The number of carbonyl (C=O) groups excluding carboxylic acids is 1. The molecule has 0 spiro atoms. The van der Waals surface area contributed by atoms with Gasteiger partial charge in [-0.25, -0.2) is 9.18 Å². The standard InChI is InChI=1S/C30H27F4NO3/c31-27-12-9-18(13-26(27)30(32,33)34)14-29(37)15-19-10-11-20(16-29)35(19)28(36)38-17-25-23-7-3-1-5-21(23)22-6-2-4-8-24(22)25/h1-9,12-13,19-20,25,37H,10-11,14-17H2. The lowest BCUT2D eigenvalue weighted by molar-refractivity contribution is -0.140. The Labute approximate surface area is 217 Å². The summed E-state index contributed by atoms with van der Waals surface area (Å²) in [5, 5.41) is 11.3. The fraction of sp³-hybridized carbons (Fsp3) is 0.367. The van der Waals surface area contributed by atoms with Gasteiger partial charge in [0.15, 0.2) is 0 Å². The number of carbonyl (C=O) groups is 1. The predicted molar refractivity (Wildman–Crippen MR) is 133 cm³/mol. The highest BCUT2D eigenvalue weighted by molar-refractivity contribution is 5.79. The van der Waals surface area contributed by atoms with Gasteiger partial charge in [0.25, 0.3) is 0 Å². The number of halogens is 4. The molecule has 3 aromatic rings. The summed E-state index contributed by atoms with van der Waals surface area (Å²) in [5.74, 6) is -1.40. The molecule has 2 saturated heterocycles. The van der Waals surface area contributed by atoms with Gasteiger partial charge in [0, 0.05) is 24.4 Å². The van der Waals surface area contributed by atoms with Crippen LogP contribution in [0.1, 0.15) is 53.9 Å². The molecule has 2 aliphatic heterocycles. The van der Waals surface area contributed by atoms with E-state index in [1.165, 1.54) is 6.07 Å². The molecule has 1 amide bonds. The summed E-state index contributed by atoms with van der Waals surface area (Å²) in [6.45, 7) is 0.197. The minimum absolute atomic E-state index is 0.0398. The normalized spacial score (nSPS) is 24.3. The van der Waals surface area contributed by atoms with Crippen molar-refractivity contribution < 1.29 is 32.2 Å². The second kappa shape index (κ2) is 9.12. The molecule has 1 N–H and O–H groups in total. The van der Waals surface area contributed by atoms with Crippen LogP contribution in [0.2, 0.25) is 0 Å². The summed E-state index contributed by atoms with van der Waals surface area (Å²) < 4.78 is 59.1. The minimum Gasteiger partial charge on any atom is -0.448 e. The third-order valence-corrected chi connectivity index (χ3v) is 8.27. The number of aliphatic hydroxyl groups is 1.